The molecular formula is C20H23N3O3S. The van der Waals surface area contributed by atoms with Crippen LogP contribution in [0.5, 0.6) is 0 Å². The van der Waals surface area contributed by atoms with Gasteiger partial charge in [-0.25, -0.2) is 4.79 Å². The van der Waals surface area contributed by atoms with E-state index in [0.29, 0.717) is 19.5 Å². The average molecular weight is 385 g/mol. The molecule has 0 bridgehead atoms. The maximum absolute atomic E-state index is 12.6. The van der Waals surface area contributed by atoms with Gasteiger partial charge in [0, 0.05) is 30.4 Å². The molecule has 1 fully saturated rings. The van der Waals surface area contributed by atoms with Crippen LogP contribution in [0.2, 0.25) is 0 Å². The molecule has 3 rings (SSSR count). The highest BCUT2D eigenvalue weighted by molar-refractivity contribution is 7.98. The summed E-state index contributed by atoms with van der Waals surface area (Å²) in [5, 5.41) is 2.91. The lowest BCUT2D eigenvalue weighted by atomic mass is 10.2. The van der Waals surface area contributed by atoms with Crippen LogP contribution < -0.4 is 5.32 Å². The third kappa shape index (κ3) is 5.23. The molecule has 1 saturated heterocycles. The van der Waals surface area contributed by atoms with E-state index in [1.165, 1.54) is 4.90 Å². The van der Waals surface area contributed by atoms with Gasteiger partial charge < -0.3 is 10.1 Å². The van der Waals surface area contributed by atoms with E-state index in [0.717, 1.165) is 22.4 Å². The Morgan fingerprint density at radius 2 is 2.07 bits per heavy atom. The first-order valence-corrected chi connectivity index (χ1v) is 10.1. The first-order chi connectivity index (χ1) is 13.2. The Kier molecular flexibility index (Phi) is 6.70. The van der Waals surface area contributed by atoms with E-state index in [9.17, 15) is 9.59 Å². The van der Waals surface area contributed by atoms with Crippen LogP contribution in [0.1, 0.15) is 24.0 Å². The number of carbonyl (C=O) groups excluding carboxylic acids is 2. The van der Waals surface area contributed by atoms with Gasteiger partial charge in [0.2, 0.25) is 5.91 Å². The number of nitrogens with one attached hydrogen (secondary N) is 1. The predicted octanol–water partition coefficient (Wildman–Crippen LogP) is 3.22. The maximum atomic E-state index is 12.6. The number of hydrogen-bond donors (Lipinski definition) is 1. The van der Waals surface area contributed by atoms with Gasteiger partial charge >= 0.3 is 6.09 Å². The Morgan fingerprint density at radius 3 is 2.85 bits per heavy atom. The Morgan fingerprint density at radius 1 is 1.26 bits per heavy atom. The smallest absolute Gasteiger partial charge is 0.410 e. The molecule has 1 aromatic heterocycles. The molecular weight excluding hydrogens is 362 g/mol. The van der Waals surface area contributed by atoms with Crippen LogP contribution in [0.25, 0.3) is 0 Å². The molecule has 0 radical (unpaired) electrons. The number of nitrogens with zero attached hydrogens (tertiary/aromatic N) is 2. The third-order valence-electron chi connectivity index (χ3n) is 4.47. The molecule has 0 spiro atoms. The molecule has 0 saturated carbocycles. The van der Waals surface area contributed by atoms with E-state index < -0.39 is 12.1 Å². The van der Waals surface area contributed by atoms with Gasteiger partial charge in [-0.05, 0) is 36.3 Å². The van der Waals surface area contributed by atoms with Crippen LogP contribution in [0.15, 0.2) is 53.7 Å². The summed E-state index contributed by atoms with van der Waals surface area (Å²) >= 11 is 1.61. The van der Waals surface area contributed by atoms with Gasteiger partial charge in [-0.1, -0.05) is 30.3 Å². The minimum absolute atomic E-state index is 0.154. The van der Waals surface area contributed by atoms with E-state index in [-0.39, 0.29) is 12.5 Å². The van der Waals surface area contributed by atoms with E-state index in [1.54, 1.807) is 24.2 Å². The molecule has 1 unspecified atom stereocenters. The first kappa shape index (κ1) is 19.2. The van der Waals surface area contributed by atoms with Crippen LogP contribution in [-0.2, 0) is 22.7 Å². The summed E-state index contributed by atoms with van der Waals surface area (Å²) < 4.78 is 5.38. The number of pyridine rings is 1. The second-order valence-corrected chi connectivity index (χ2v) is 7.22. The van der Waals surface area contributed by atoms with Crippen molar-refractivity contribution in [2.75, 3.05) is 12.8 Å². The fourth-order valence-electron chi connectivity index (χ4n) is 3.04. The fraction of sp³-hybridized carbons (Fsp3) is 0.350. The van der Waals surface area contributed by atoms with Gasteiger partial charge in [0.1, 0.15) is 12.6 Å². The van der Waals surface area contributed by atoms with E-state index in [2.05, 4.69) is 10.3 Å². The van der Waals surface area contributed by atoms with Crippen LogP contribution in [0.4, 0.5) is 4.79 Å². The van der Waals surface area contributed by atoms with Crippen LogP contribution in [-0.4, -0.2) is 40.7 Å². The maximum Gasteiger partial charge on any atom is 0.410 e. The summed E-state index contributed by atoms with van der Waals surface area (Å²) in [5.41, 5.74) is 1.86. The number of hydrogen-bond acceptors (Lipinski definition) is 5. The monoisotopic (exact) mass is 385 g/mol. The predicted molar refractivity (Wildman–Crippen MR) is 104 cm³/mol. The number of rotatable bonds is 6. The number of carbonyl (C=O) groups is 2. The standard InChI is InChI=1S/C20H23N3O3S/c1-27-17-10-16(11-21-13-17)12-22-19(24)18-8-5-9-23(18)20(25)26-14-15-6-3-2-4-7-15/h2-4,6-7,10-11,13,18H,5,8-9,12,14H2,1H3,(H,22,24). The van der Waals surface area contributed by atoms with Gasteiger partial charge in [-0.3, -0.25) is 14.7 Å². The molecule has 1 aliphatic heterocycles. The van der Waals surface area contributed by atoms with Crippen molar-refractivity contribution in [3.8, 4) is 0 Å². The minimum atomic E-state index is -0.482. The van der Waals surface area contributed by atoms with Gasteiger partial charge in [0.15, 0.2) is 0 Å². The zero-order valence-corrected chi connectivity index (χ0v) is 16.1. The molecule has 142 valence electrons. The number of likely N-dealkylation sites (tertiary alicyclic amines) is 1. The van der Waals surface area contributed by atoms with Crippen LogP contribution in [0, 0.1) is 0 Å². The molecule has 1 aromatic carbocycles. The number of thioether (sulfide) groups is 1. The molecule has 1 N–H and O–H groups in total. The second-order valence-electron chi connectivity index (χ2n) is 6.34. The largest absolute Gasteiger partial charge is 0.445 e. The van der Waals surface area contributed by atoms with Crippen molar-refractivity contribution in [3.05, 3.63) is 59.9 Å². The summed E-state index contributed by atoms with van der Waals surface area (Å²) in [7, 11) is 0. The minimum Gasteiger partial charge on any atom is -0.445 e. The topological polar surface area (TPSA) is 71.5 Å². The summed E-state index contributed by atoms with van der Waals surface area (Å²) in [4.78, 5) is 31.7. The van der Waals surface area contributed by atoms with Crippen molar-refractivity contribution < 1.29 is 14.3 Å². The number of ether oxygens (including phenoxy) is 1. The zero-order chi connectivity index (χ0) is 19.1. The van der Waals surface area contributed by atoms with Gasteiger partial charge in [0.05, 0.1) is 0 Å². The molecule has 2 amide bonds. The van der Waals surface area contributed by atoms with E-state index in [4.69, 9.17) is 4.74 Å². The number of amides is 2. The Bertz CT molecular complexity index is 785. The summed E-state index contributed by atoms with van der Waals surface area (Å²) in [6.07, 6.45) is 6.51. The molecule has 2 heterocycles. The third-order valence-corrected chi connectivity index (χ3v) is 5.16. The molecule has 6 nitrogen and oxygen atoms in total. The summed E-state index contributed by atoms with van der Waals surface area (Å²) in [6.45, 7) is 1.14. The molecule has 27 heavy (non-hydrogen) atoms. The SMILES string of the molecule is CSc1cncc(CNC(=O)C2CCCN2C(=O)OCc2ccccc2)c1. The highest BCUT2D eigenvalue weighted by Crippen LogP contribution is 2.19. The fourth-order valence-corrected chi connectivity index (χ4v) is 3.47. The van der Waals surface area contributed by atoms with Crippen molar-refractivity contribution in [1.82, 2.24) is 15.2 Å². The molecule has 2 aromatic rings. The van der Waals surface area contributed by atoms with Crippen LogP contribution >= 0.6 is 11.8 Å². The van der Waals surface area contributed by atoms with Crippen molar-refractivity contribution in [2.24, 2.45) is 0 Å². The molecule has 0 aliphatic carbocycles. The van der Waals surface area contributed by atoms with Crippen molar-refractivity contribution in [2.45, 2.75) is 36.9 Å². The number of aromatic nitrogens is 1. The quantitative estimate of drug-likeness (QED) is 0.773. The lowest BCUT2D eigenvalue weighted by Gasteiger charge is -2.23. The van der Waals surface area contributed by atoms with Crippen molar-refractivity contribution in [3.63, 3.8) is 0 Å². The molecule has 1 atom stereocenters. The van der Waals surface area contributed by atoms with Crippen molar-refractivity contribution in [1.29, 1.82) is 0 Å². The Balaban J connectivity index is 1.53. The zero-order valence-electron chi connectivity index (χ0n) is 15.3. The molecule has 1 aliphatic rings. The highest BCUT2D eigenvalue weighted by atomic mass is 32.2. The van der Waals surface area contributed by atoms with Crippen molar-refractivity contribution >= 4 is 23.8 Å². The molecule has 7 heteroatoms. The second kappa shape index (κ2) is 9.41. The summed E-state index contributed by atoms with van der Waals surface area (Å²) in [5.74, 6) is -0.154. The Labute approximate surface area is 163 Å². The van der Waals surface area contributed by atoms with Gasteiger partial charge in [-0.15, -0.1) is 11.8 Å². The number of benzene rings is 1. The Hall–Kier alpha value is -2.54. The highest BCUT2D eigenvalue weighted by Gasteiger charge is 2.34. The summed E-state index contributed by atoms with van der Waals surface area (Å²) in [6, 6.07) is 11.0. The lowest BCUT2D eigenvalue weighted by Crippen LogP contribution is -2.45. The first-order valence-electron chi connectivity index (χ1n) is 8.90. The van der Waals surface area contributed by atoms with E-state index in [1.807, 2.05) is 42.7 Å². The van der Waals surface area contributed by atoms with E-state index >= 15 is 0 Å². The lowest BCUT2D eigenvalue weighted by molar-refractivity contribution is -0.125. The van der Waals surface area contributed by atoms with Crippen LogP contribution in [0.3, 0.4) is 0 Å². The van der Waals surface area contributed by atoms with Gasteiger partial charge in [0.25, 0.3) is 0 Å². The normalized spacial score (nSPS) is 16.2. The van der Waals surface area contributed by atoms with Gasteiger partial charge in [-0.2, -0.15) is 0 Å². The average Bonchev–Trinajstić information content (AvgIpc) is 3.21.